The molecule has 1 unspecified atom stereocenters. The van der Waals surface area contributed by atoms with E-state index in [4.69, 9.17) is 9.47 Å². The molecule has 3 nitrogen and oxygen atoms in total. The predicted molar refractivity (Wildman–Crippen MR) is 58.5 cm³/mol. The van der Waals surface area contributed by atoms with Crippen LogP contribution in [0.5, 0.6) is 0 Å². The van der Waals surface area contributed by atoms with Crippen LogP contribution < -0.4 is 0 Å². The van der Waals surface area contributed by atoms with Gasteiger partial charge in [0.05, 0.1) is 13.2 Å². The molecule has 0 spiro atoms. The zero-order chi connectivity index (χ0) is 11.7. The highest BCUT2D eigenvalue weighted by molar-refractivity contribution is 5.87. The molecule has 1 saturated heterocycles. The van der Waals surface area contributed by atoms with E-state index < -0.39 is 5.60 Å². The Bertz CT molecular complexity index is 267. The van der Waals surface area contributed by atoms with Crippen molar-refractivity contribution in [2.24, 2.45) is 5.41 Å². The van der Waals surface area contributed by atoms with Gasteiger partial charge >= 0.3 is 5.97 Å². The van der Waals surface area contributed by atoms with Crippen molar-refractivity contribution in [2.75, 3.05) is 13.2 Å². The van der Waals surface area contributed by atoms with Crippen LogP contribution in [0.1, 0.15) is 34.1 Å². The van der Waals surface area contributed by atoms with Crippen molar-refractivity contribution in [3.8, 4) is 0 Å². The molecule has 0 aromatic rings. The van der Waals surface area contributed by atoms with Gasteiger partial charge in [0.25, 0.3) is 0 Å². The highest BCUT2D eigenvalue weighted by atomic mass is 16.6. The van der Waals surface area contributed by atoms with Gasteiger partial charge in [-0.15, -0.1) is 0 Å². The quantitative estimate of drug-likeness (QED) is 0.520. The zero-order valence-corrected chi connectivity index (χ0v) is 10.1. The lowest BCUT2D eigenvalue weighted by Crippen LogP contribution is -2.47. The minimum absolute atomic E-state index is 0.116. The molecule has 0 amide bonds. The van der Waals surface area contributed by atoms with E-state index in [1.807, 2.05) is 0 Å². The van der Waals surface area contributed by atoms with Crippen molar-refractivity contribution in [3.63, 3.8) is 0 Å². The lowest BCUT2D eigenvalue weighted by molar-refractivity contribution is -0.168. The van der Waals surface area contributed by atoms with Crippen LogP contribution in [0, 0.1) is 5.41 Å². The summed E-state index contributed by atoms with van der Waals surface area (Å²) in [7, 11) is 0. The molecule has 1 atom stereocenters. The maximum Gasteiger partial charge on any atom is 0.333 e. The molecule has 0 aliphatic carbocycles. The van der Waals surface area contributed by atoms with Gasteiger partial charge in [-0.3, -0.25) is 0 Å². The number of esters is 1. The minimum Gasteiger partial charge on any atom is -0.453 e. The van der Waals surface area contributed by atoms with Crippen molar-refractivity contribution in [1.29, 1.82) is 0 Å². The van der Waals surface area contributed by atoms with E-state index in [0.717, 1.165) is 6.42 Å². The first kappa shape index (κ1) is 12.2. The molecular weight excluding hydrogens is 192 g/mol. The van der Waals surface area contributed by atoms with Gasteiger partial charge in [-0.1, -0.05) is 27.4 Å². The SMILES string of the molecule is C=C(C)C(=O)OC1(C(C)(C)C)CCOC1. The van der Waals surface area contributed by atoms with Crippen LogP contribution in [0.3, 0.4) is 0 Å². The van der Waals surface area contributed by atoms with E-state index in [1.165, 1.54) is 0 Å². The molecule has 0 radical (unpaired) electrons. The molecule has 3 heteroatoms. The number of carbonyl (C=O) groups is 1. The first-order chi connectivity index (χ1) is 6.78. The van der Waals surface area contributed by atoms with Crippen LogP contribution in [-0.4, -0.2) is 24.8 Å². The largest absolute Gasteiger partial charge is 0.453 e. The Morgan fingerprint density at radius 2 is 2.07 bits per heavy atom. The molecular formula is C12H20O3. The zero-order valence-electron chi connectivity index (χ0n) is 10.1. The smallest absolute Gasteiger partial charge is 0.333 e. The summed E-state index contributed by atoms with van der Waals surface area (Å²) in [5.74, 6) is -0.324. The second-order valence-electron chi connectivity index (χ2n) is 5.22. The van der Waals surface area contributed by atoms with Crippen LogP contribution in [0.4, 0.5) is 0 Å². The molecule has 0 saturated carbocycles. The summed E-state index contributed by atoms with van der Waals surface area (Å²) in [6, 6.07) is 0. The van der Waals surface area contributed by atoms with E-state index in [0.29, 0.717) is 18.8 Å². The van der Waals surface area contributed by atoms with E-state index in [1.54, 1.807) is 6.92 Å². The van der Waals surface area contributed by atoms with Crippen LogP contribution in [-0.2, 0) is 14.3 Å². The molecule has 1 aliphatic rings. The summed E-state index contributed by atoms with van der Waals surface area (Å²) in [5, 5.41) is 0. The van der Waals surface area contributed by atoms with Gasteiger partial charge in [0.15, 0.2) is 0 Å². The normalized spacial score (nSPS) is 26.4. The Kier molecular flexibility index (Phi) is 3.24. The van der Waals surface area contributed by atoms with Gasteiger partial charge in [0.2, 0.25) is 0 Å². The van der Waals surface area contributed by atoms with Crippen molar-refractivity contribution in [2.45, 2.75) is 39.7 Å². The van der Waals surface area contributed by atoms with Gasteiger partial charge in [0.1, 0.15) is 5.60 Å². The summed E-state index contributed by atoms with van der Waals surface area (Å²) in [4.78, 5) is 11.6. The molecule has 0 bridgehead atoms. The van der Waals surface area contributed by atoms with Gasteiger partial charge in [-0.25, -0.2) is 4.79 Å². The standard InChI is InChI=1S/C12H20O3/c1-9(2)10(13)15-12(11(3,4)5)6-7-14-8-12/h1,6-8H2,2-5H3. The van der Waals surface area contributed by atoms with Crippen molar-refractivity contribution < 1.29 is 14.3 Å². The molecule has 15 heavy (non-hydrogen) atoms. The van der Waals surface area contributed by atoms with Crippen LogP contribution >= 0.6 is 0 Å². The van der Waals surface area contributed by atoms with Crippen molar-refractivity contribution >= 4 is 5.97 Å². The average molecular weight is 212 g/mol. The van der Waals surface area contributed by atoms with Crippen LogP contribution in [0.2, 0.25) is 0 Å². The Morgan fingerprint density at radius 1 is 1.47 bits per heavy atom. The van der Waals surface area contributed by atoms with E-state index in [2.05, 4.69) is 27.4 Å². The number of ether oxygens (including phenoxy) is 2. The maximum absolute atomic E-state index is 11.6. The van der Waals surface area contributed by atoms with E-state index >= 15 is 0 Å². The fourth-order valence-corrected chi connectivity index (χ4v) is 1.64. The summed E-state index contributed by atoms with van der Waals surface area (Å²) in [5.41, 5.74) is -0.178. The molecule has 1 aliphatic heterocycles. The second kappa shape index (κ2) is 3.97. The molecule has 1 heterocycles. The average Bonchev–Trinajstić information content (AvgIpc) is 2.52. The van der Waals surface area contributed by atoms with Crippen molar-refractivity contribution in [1.82, 2.24) is 0 Å². The summed E-state index contributed by atoms with van der Waals surface area (Å²) in [6.07, 6.45) is 0.759. The Labute approximate surface area is 91.4 Å². The van der Waals surface area contributed by atoms with Gasteiger partial charge in [-0.05, 0) is 6.92 Å². The number of rotatable bonds is 2. The molecule has 1 rings (SSSR count). The lowest BCUT2D eigenvalue weighted by Gasteiger charge is -2.39. The summed E-state index contributed by atoms with van der Waals surface area (Å²) in [6.45, 7) is 12.6. The van der Waals surface area contributed by atoms with Gasteiger partial charge in [0, 0.05) is 17.4 Å². The molecule has 0 aromatic heterocycles. The fourth-order valence-electron chi connectivity index (χ4n) is 1.64. The second-order valence-corrected chi connectivity index (χ2v) is 5.22. The Morgan fingerprint density at radius 3 is 2.40 bits per heavy atom. The fraction of sp³-hybridized carbons (Fsp3) is 0.750. The Balaban J connectivity index is 2.84. The minimum atomic E-state index is -0.497. The van der Waals surface area contributed by atoms with Gasteiger partial charge in [-0.2, -0.15) is 0 Å². The molecule has 86 valence electrons. The van der Waals surface area contributed by atoms with Gasteiger partial charge < -0.3 is 9.47 Å². The Hall–Kier alpha value is -0.830. The number of hydrogen-bond donors (Lipinski definition) is 0. The number of hydrogen-bond acceptors (Lipinski definition) is 3. The summed E-state index contributed by atoms with van der Waals surface area (Å²) < 4.78 is 10.9. The topological polar surface area (TPSA) is 35.5 Å². The number of carbonyl (C=O) groups excluding carboxylic acids is 1. The predicted octanol–water partition coefficient (Wildman–Crippen LogP) is 2.31. The highest BCUT2D eigenvalue weighted by Gasteiger charge is 2.48. The molecule has 0 N–H and O–H groups in total. The monoisotopic (exact) mass is 212 g/mol. The molecule has 0 aromatic carbocycles. The first-order valence-electron chi connectivity index (χ1n) is 5.25. The third kappa shape index (κ3) is 2.40. The third-order valence-electron chi connectivity index (χ3n) is 2.99. The molecule has 1 fully saturated rings. The highest BCUT2D eigenvalue weighted by Crippen LogP contribution is 2.40. The van der Waals surface area contributed by atoms with Crippen molar-refractivity contribution in [3.05, 3.63) is 12.2 Å². The van der Waals surface area contributed by atoms with E-state index in [9.17, 15) is 4.79 Å². The lowest BCUT2D eigenvalue weighted by atomic mass is 9.76. The third-order valence-corrected chi connectivity index (χ3v) is 2.99. The van der Waals surface area contributed by atoms with E-state index in [-0.39, 0.29) is 11.4 Å². The first-order valence-corrected chi connectivity index (χ1v) is 5.25. The van der Waals surface area contributed by atoms with Crippen LogP contribution in [0.15, 0.2) is 12.2 Å². The maximum atomic E-state index is 11.6. The summed E-state index contributed by atoms with van der Waals surface area (Å²) >= 11 is 0. The van der Waals surface area contributed by atoms with Crippen LogP contribution in [0.25, 0.3) is 0 Å².